The van der Waals surface area contributed by atoms with E-state index in [0.29, 0.717) is 25.3 Å². The third-order valence-electron chi connectivity index (χ3n) is 3.64. The van der Waals surface area contributed by atoms with Crippen LogP contribution < -0.4 is 4.90 Å². The van der Waals surface area contributed by atoms with Crippen molar-refractivity contribution >= 4 is 21.5 Å². The Labute approximate surface area is 125 Å². The first-order chi connectivity index (χ1) is 9.95. The predicted molar refractivity (Wildman–Crippen MR) is 81.2 cm³/mol. The van der Waals surface area contributed by atoms with Crippen LogP contribution in [-0.2, 0) is 19.4 Å². The minimum Gasteiger partial charge on any atom is -0.464 e. The number of benzene rings is 1. The second-order valence-electron chi connectivity index (χ2n) is 5.20. The maximum atomic E-state index is 12.1. The summed E-state index contributed by atoms with van der Waals surface area (Å²) in [5.74, 6) is -0.277. The van der Waals surface area contributed by atoms with Crippen molar-refractivity contribution in [2.45, 2.75) is 37.1 Å². The van der Waals surface area contributed by atoms with Crippen LogP contribution in [0.1, 0.15) is 26.2 Å². The summed E-state index contributed by atoms with van der Waals surface area (Å²) in [5.41, 5.74) is 0.595. The number of rotatable bonds is 4. The quantitative estimate of drug-likeness (QED) is 0.796. The molecule has 1 aromatic carbocycles. The topological polar surface area (TPSA) is 63.7 Å². The molecule has 0 bridgehead atoms. The van der Waals surface area contributed by atoms with Crippen molar-refractivity contribution in [3.63, 3.8) is 0 Å². The Morgan fingerprint density at radius 1 is 1.33 bits per heavy atom. The fourth-order valence-electron chi connectivity index (χ4n) is 2.71. The summed E-state index contributed by atoms with van der Waals surface area (Å²) >= 11 is 0. The molecule has 2 rings (SSSR count). The number of hydrogen-bond donors (Lipinski definition) is 0. The van der Waals surface area contributed by atoms with Crippen molar-refractivity contribution in [3.05, 3.63) is 24.3 Å². The molecule has 6 heteroatoms. The highest BCUT2D eigenvalue weighted by atomic mass is 32.2. The van der Waals surface area contributed by atoms with E-state index in [2.05, 4.69) is 0 Å². The molecule has 1 fully saturated rings. The van der Waals surface area contributed by atoms with Crippen LogP contribution in [0, 0.1) is 0 Å². The monoisotopic (exact) mass is 311 g/mol. The molecule has 1 atom stereocenters. The van der Waals surface area contributed by atoms with Crippen LogP contribution in [0.4, 0.5) is 5.69 Å². The molecular weight excluding hydrogens is 290 g/mol. The van der Waals surface area contributed by atoms with Gasteiger partial charge in [-0.3, -0.25) is 0 Å². The fourth-order valence-corrected chi connectivity index (χ4v) is 3.60. The fraction of sp³-hybridized carbons (Fsp3) is 0.533. The Balaban J connectivity index is 2.41. The first-order valence-corrected chi connectivity index (χ1v) is 9.06. The van der Waals surface area contributed by atoms with Crippen LogP contribution in [0.15, 0.2) is 29.2 Å². The van der Waals surface area contributed by atoms with Crippen LogP contribution in [0.5, 0.6) is 0 Å². The van der Waals surface area contributed by atoms with Gasteiger partial charge in [0.2, 0.25) is 0 Å². The van der Waals surface area contributed by atoms with E-state index in [1.807, 2.05) is 4.90 Å². The lowest BCUT2D eigenvalue weighted by Gasteiger charge is -2.36. The number of carbonyl (C=O) groups excluding carboxylic acids is 1. The molecule has 0 aromatic heterocycles. The molecule has 116 valence electrons. The zero-order valence-corrected chi connectivity index (χ0v) is 13.2. The molecule has 1 aliphatic heterocycles. The summed E-state index contributed by atoms with van der Waals surface area (Å²) < 4.78 is 29.0. The summed E-state index contributed by atoms with van der Waals surface area (Å²) in [7, 11) is -3.34. The zero-order chi connectivity index (χ0) is 15.5. The standard InChI is InChI=1S/C15H21NO4S/c1-3-20-15(17)13-9-6-7-11-16(13)12-8-4-5-10-14(12)21(2,18)19/h4-5,8,10,13H,3,6-7,9,11H2,1-2H3. The number of nitrogens with zero attached hydrogens (tertiary/aromatic N) is 1. The van der Waals surface area contributed by atoms with E-state index in [1.165, 1.54) is 6.26 Å². The summed E-state index contributed by atoms with van der Waals surface area (Å²) in [6.07, 6.45) is 3.76. The summed E-state index contributed by atoms with van der Waals surface area (Å²) in [6, 6.07) is 6.43. The first-order valence-electron chi connectivity index (χ1n) is 7.17. The SMILES string of the molecule is CCOC(=O)C1CCCCN1c1ccccc1S(C)(=O)=O. The molecule has 0 N–H and O–H groups in total. The minimum atomic E-state index is -3.34. The predicted octanol–water partition coefficient (Wildman–Crippen LogP) is 2.01. The third-order valence-corrected chi connectivity index (χ3v) is 4.78. The van der Waals surface area contributed by atoms with Crippen LogP contribution >= 0.6 is 0 Å². The van der Waals surface area contributed by atoms with E-state index in [9.17, 15) is 13.2 Å². The molecule has 0 saturated carbocycles. The number of esters is 1. The number of carbonyl (C=O) groups is 1. The second kappa shape index (κ2) is 6.47. The highest BCUT2D eigenvalue weighted by Gasteiger charge is 2.32. The highest BCUT2D eigenvalue weighted by molar-refractivity contribution is 7.90. The van der Waals surface area contributed by atoms with E-state index in [1.54, 1.807) is 31.2 Å². The number of ether oxygens (including phenoxy) is 1. The Morgan fingerprint density at radius 2 is 2.05 bits per heavy atom. The molecule has 1 unspecified atom stereocenters. The van der Waals surface area contributed by atoms with Crippen molar-refractivity contribution in [2.75, 3.05) is 24.3 Å². The van der Waals surface area contributed by atoms with E-state index in [4.69, 9.17) is 4.74 Å². The van der Waals surface area contributed by atoms with Gasteiger partial charge < -0.3 is 9.64 Å². The lowest BCUT2D eigenvalue weighted by molar-refractivity contribution is -0.145. The number of anilines is 1. The molecule has 1 heterocycles. The van der Waals surface area contributed by atoms with Gasteiger partial charge in [0, 0.05) is 12.8 Å². The maximum Gasteiger partial charge on any atom is 0.328 e. The van der Waals surface area contributed by atoms with E-state index >= 15 is 0 Å². The van der Waals surface area contributed by atoms with Gasteiger partial charge in [0.1, 0.15) is 6.04 Å². The molecule has 0 radical (unpaired) electrons. The second-order valence-corrected chi connectivity index (χ2v) is 7.18. The van der Waals surface area contributed by atoms with Crippen molar-refractivity contribution in [1.29, 1.82) is 0 Å². The largest absolute Gasteiger partial charge is 0.464 e. The van der Waals surface area contributed by atoms with E-state index < -0.39 is 15.9 Å². The van der Waals surface area contributed by atoms with E-state index in [-0.39, 0.29) is 10.9 Å². The van der Waals surface area contributed by atoms with Crippen LogP contribution in [0.25, 0.3) is 0 Å². The lowest BCUT2D eigenvalue weighted by atomic mass is 10.0. The van der Waals surface area contributed by atoms with Gasteiger partial charge >= 0.3 is 5.97 Å². The van der Waals surface area contributed by atoms with Gasteiger partial charge in [-0.15, -0.1) is 0 Å². The molecule has 1 aliphatic rings. The third kappa shape index (κ3) is 3.56. The Morgan fingerprint density at radius 3 is 2.71 bits per heavy atom. The Bertz CT molecular complexity index is 612. The first kappa shape index (κ1) is 15.8. The van der Waals surface area contributed by atoms with Crippen molar-refractivity contribution < 1.29 is 17.9 Å². The maximum absolute atomic E-state index is 12.1. The van der Waals surface area contributed by atoms with E-state index in [0.717, 1.165) is 12.8 Å². The van der Waals surface area contributed by atoms with Gasteiger partial charge in [0.15, 0.2) is 9.84 Å². The molecule has 0 spiro atoms. The average Bonchev–Trinajstić information content (AvgIpc) is 2.46. The van der Waals surface area contributed by atoms with Crippen molar-refractivity contribution in [3.8, 4) is 0 Å². The minimum absolute atomic E-state index is 0.265. The van der Waals surface area contributed by atoms with Crippen LogP contribution in [-0.4, -0.2) is 39.8 Å². The Hall–Kier alpha value is -1.56. The smallest absolute Gasteiger partial charge is 0.328 e. The number of para-hydroxylation sites is 1. The average molecular weight is 311 g/mol. The molecule has 1 saturated heterocycles. The van der Waals surface area contributed by atoms with Crippen molar-refractivity contribution in [1.82, 2.24) is 0 Å². The van der Waals surface area contributed by atoms with Gasteiger partial charge in [0.25, 0.3) is 0 Å². The van der Waals surface area contributed by atoms with Gasteiger partial charge in [-0.2, -0.15) is 0 Å². The number of piperidine rings is 1. The molecule has 0 aliphatic carbocycles. The van der Waals surface area contributed by atoms with Crippen LogP contribution in [0.2, 0.25) is 0 Å². The molecule has 21 heavy (non-hydrogen) atoms. The summed E-state index contributed by atoms with van der Waals surface area (Å²) in [5, 5.41) is 0. The van der Waals surface area contributed by atoms with Gasteiger partial charge in [-0.05, 0) is 38.3 Å². The normalized spacial score (nSPS) is 19.3. The van der Waals surface area contributed by atoms with Crippen molar-refractivity contribution in [2.24, 2.45) is 0 Å². The molecule has 0 amide bonds. The lowest BCUT2D eigenvalue weighted by Crippen LogP contribution is -2.46. The number of sulfone groups is 1. The van der Waals surface area contributed by atoms with Gasteiger partial charge in [-0.25, -0.2) is 13.2 Å². The van der Waals surface area contributed by atoms with Gasteiger partial charge in [0.05, 0.1) is 17.2 Å². The van der Waals surface area contributed by atoms with Gasteiger partial charge in [-0.1, -0.05) is 12.1 Å². The zero-order valence-electron chi connectivity index (χ0n) is 12.4. The number of hydrogen-bond acceptors (Lipinski definition) is 5. The highest BCUT2D eigenvalue weighted by Crippen LogP contribution is 2.31. The van der Waals surface area contributed by atoms with Crippen LogP contribution in [0.3, 0.4) is 0 Å². The Kier molecular flexibility index (Phi) is 4.88. The molecule has 5 nitrogen and oxygen atoms in total. The summed E-state index contributed by atoms with van der Waals surface area (Å²) in [6.45, 7) is 2.77. The molecular formula is C15H21NO4S. The molecule has 1 aromatic rings. The summed E-state index contributed by atoms with van der Waals surface area (Å²) in [4.78, 5) is 14.3.